The van der Waals surface area contributed by atoms with Gasteiger partial charge in [-0.05, 0) is 18.8 Å². The van der Waals surface area contributed by atoms with E-state index in [0.29, 0.717) is 12.3 Å². The highest BCUT2D eigenvalue weighted by Crippen LogP contribution is 2.32. The third-order valence-corrected chi connectivity index (χ3v) is 4.83. The van der Waals surface area contributed by atoms with Crippen molar-refractivity contribution in [3.63, 3.8) is 0 Å². The van der Waals surface area contributed by atoms with Crippen LogP contribution in [0.3, 0.4) is 0 Å². The van der Waals surface area contributed by atoms with Gasteiger partial charge in [0.05, 0.1) is 12.3 Å². The lowest BCUT2D eigenvalue weighted by molar-refractivity contribution is -0.153. The van der Waals surface area contributed by atoms with Crippen LogP contribution in [0.2, 0.25) is 0 Å². The van der Waals surface area contributed by atoms with Crippen LogP contribution in [0.4, 0.5) is 0 Å². The molecule has 0 spiro atoms. The van der Waals surface area contributed by atoms with Crippen LogP contribution in [-0.2, 0) is 14.3 Å². The molecule has 3 heteroatoms. The summed E-state index contributed by atoms with van der Waals surface area (Å²) < 4.78 is 4.77. The number of esters is 2. The van der Waals surface area contributed by atoms with E-state index in [9.17, 15) is 9.59 Å². The molecule has 128 valence electrons. The highest BCUT2D eigenvalue weighted by molar-refractivity contribution is 5.94. The minimum atomic E-state index is -0.322. The molecule has 1 rings (SSSR count). The summed E-state index contributed by atoms with van der Waals surface area (Å²) in [6.45, 7) is 4.44. The fraction of sp³-hybridized carbons (Fsp3) is 0.895. The van der Waals surface area contributed by atoms with Gasteiger partial charge in [0.15, 0.2) is 0 Å². The van der Waals surface area contributed by atoms with Gasteiger partial charge in [-0.25, -0.2) is 0 Å². The maximum absolute atomic E-state index is 11.9. The summed E-state index contributed by atoms with van der Waals surface area (Å²) >= 11 is 0. The third-order valence-electron chi connectivity index (χ3n) is 4.83. The first-order valence-corrected chi connectivity index (χ1v) is 9.43. The molecule has 0 N–H and O–H groups in total. The van der Waals surface area contributed by atoms with Gasteiger partial charge in [0.1, 0.15) is 0 Å². The van der Waals surface area contributed by atoms with Gasteiger partial charge in [-0.15, -0.1) is 0 Å². The van der Waals surface area contributed by atoms with Crippen LogP contribution in [0.5, 0.6) is 0 Å². The molecule has 0 aromatic carbocycles. The number of unbranched alkanes of at least 4 members (excludes halogenated alkanes) is 8. The van der Waals surface area contributed by atoms with Gasteiger partial charge in [0.2, 0.25) is 0 Å². The van der Waals surface area contributed by atoms with Crippen molar-refractivity contribution in [2.75, 3.05) is 0 Å². The van der Waals surface area contributed by atoms with Crippen LogP contribution in [0.15, 0.2) is 0 Å². The van der Waals surface area contributed by atoms with Gasteiger partial charge in [-0.1, -0.05) is 78.1 Å². The summed E-state index contributed by atoms with van der Waals surface area (Å²) in [7, 11) is 0. The second-order valence-corrected chi connectivity index (χ2v) is 6.77. The summed E-state index contributed by atoms with van der Waals surface area (Å²) in [5, 5.41) is 0. The summed E-state index contributed by atoms with van der Waals surface area (Å²) in [6, 6.07) is 0. The first-order chi connectivity index (χ1) is 10.7. The Balaban J connectivity index is 2.35. The first-order valence-electron chi connectivity index (χ1n) is 9.43. The van der Waals surface area contributed by atoms with Crippen LogP contribution in [0, 0.1) is 11.8 Å². The second kappa shape index (κ2) is 11.7. The number of carbonyl (C=O) groups is 2. The van der Waals surface area contributed by atoms with Gasteiger partial charge in [-0.2, -0.15) is 0 Å². The Kier molecular flexibility index (Phi) is 10.2. The van der Waals surface area contributed by atoms with Crippen LogP contribution in [0.25, 0.3) is 0 Å². The fourth-order valence-electron chi connectivity index (χ4n) is 3.42. The lowest BCUT2D eigenvalue weighted by Crippen LogP contribution is -2.19. The van der Waals surface area contributed by atoms with Crippen molar-refractivity contribution in [3.05, 3.63) is 0 Å². The molecule has 0 aliphatic carbocycles. The van der Waals surface area contributed by atoms with E-state index in [1.54, 1.807) is 0 Å². The maximum atomic E-state index is 11.9. The van der Waals surface area contributed by atoms with E-state index in [2.05, 4.69) is 13.8 Å². The van der Waals surface area contributed by atoms with E-state index in [1.807, 2.05) is 0 Å². The number of hydrogen-bond donors (Lipinski definition) is 0. The molecular weight excluding hydrogens is 276 g/mol. The lowest BCUT2D eigenvalue weighted by Gasteiger charge is -2.20. The normalized spacial score (nSPS) is 18.2. The van der Waals surface area contributed by atoms with Gasteiger partial charge in [0.25, 0.3) is 0 Å². The molecule has 1 saturated heterocycles. The van der Waals surface area contributed by atoms with Crippen LogP contribution in [0.1, 0.15) is 97.3 Å². The molecule has 1 unspecified atom stereocenters. The Labute approximate surface area is 136 Å². The van der Waals surface area contributed by atoms with Gasteiger partial charge >= 0.3 is 11.9 Å². The molecule has 1 heterocycles. The smallest absolute Gasteiger partial charge is 0.317 e. The summed E-state index contributed by atoms with van der Waals surface area (Å²) in [5.74, 6) is -0.402. The lowest BCUT2D eigenvalue weighted by atomic mass is 9.82. The summed E-state index contributed by atoms with van der Waals surface area (Å²) in [5.41, 5.74) is 0. The monoisotopic (exact) mass is 310 g/mol. The van der Waals surface area contributed by atoms with E-state index < -0.39 is 0 Å². The molecule has 1 atom stereocenters. The Hall–Kier alpha value is -0.860. The Morgan fingerprint density at radius 2 is 1.36 bits per heavy atom. The zero-order valence-corrected chi connectivity index (χ0v) is 14.6. The molecule has 1 fully saturated rings. The maximum Gasteiger partial charge on any atom is 0.317 e. The summed E-state index contributed by atoms with van der Waals surface area (Å²) in [4.78, 5) is 23.2. The quantitative estimate of drug-likeness (QED) is 0.259. The minimum absolute atomic E-state index is 0.162. The Morgan fingerprint density at radius 1 is 0.864 bits per heavy atom. The average molecular weight is 310 g/mol. The Bertz CT molecular complexity index is 311. The third kappa shape index (κ3) is 7.42. The number of cyclic esters (lactones) is 2. The zero-order valence-electron chi connectivity index (χ0n) is 14.6. The fourth-order valence-corrected chi connectivity index (χ4v) is 3.42. The molecule has 1 aliphatic heterocycles. The minimum Gasteiger partial charge on any atom is -0.393 e. The SMILES string of the molecule is CCCCCCCC(CCCCCCC)C1CC(=O)OC1=O. The largest absolute Gasteiger partial charge is 0.393 e. The molecule has 3 nitrogen and oxygen atoms in total. The van der Waals surface area contributed by atoms with Crippen molar-refractivity contribution in [3.8, 4) is 0 Å². The molecule has 0 saturated carbocycles. The zero-order chi connectivity index (χ0) is 16.2. The second-order valence-electron chi connectivity index (χ2n) is 6.77. The van der Waals surface area contributed by atoms with E-state index in [4.69, 9.17) is 4.74 Å². The predicted molar refractivity (Wildman–Crippen MR) is 89.4 cm³/mol. The topological polar surface area (TPSA) is 43.4 Å². The van der Waals surface area contributed by atoms with E-state index in [0.717, 1.165) is 12.8 Å². The van der Waals surface area contributed by atoms with Crippen molar-refractivity contribution in [1.82, 2.24) is 0 Å². The molecule has 0 aromatic heterocycles. The van der Waals surface area contributed by atoms with Crippen LogP contribution < -0.4 is 0 Å². The number of carbonyl (C=O) groups excluding carboxylic acids is 2. The average Bonchev–Trinajstić information content (AvgIpc) is 2.83. The molecular formula is C19H34O3. The number of hydrogen-bond acceptors (Lipinski definition) is 3. The number of ether oxygens (including phenoxy) is 1. The van der Waals surface area contributed by atoms with E-state index in [-0.39, 0.29) is 17.9 Å². The first kappa shape index (κ1) is 19.2. The van der Waals surface area contributed by atoms with E-state index in [1.165, 1.54) is 64.2 Å². The van der Waals surface area contributed by atoms with Crippen LogP contribution >= 0.6 is 0 Å². The van der Waals surface area contributed by atoms with Crippen molar-refractivity contribution in [2.45, 2.75) is 97.3 Å². The van der Waals surface area contributed by atoms with Crippen molar-refractivity contribution >= 4 is 11.9 Å². The highest BCUT2D eigenvalue weighted by atomic mass is 16.6. The standard InChI is InChI=1S/C19H34O3/c1-3-5-7-9-11-13-16(14-12-10-8-6-4-2)17-15-18(20)22-19(17)21/h16-17H,3-15H2,1-2H3. The summed E-state index contributed by atoms with van der Waals surface area (Å²) in [6.07, 6.45) is 15.0. The molecule has 22 heavy (non-hydrogen) atoms. The highest BCUT2D eigenvalue weighted by Gasteiger charge is 2.38. The van der Waals surface area contributed by atoms with Gasteiger partial charge in [0, 0.05) is 0 Å². The Morgan fingerprint density at radius 3 is 1.77 bits per heavy atom. The molecule has 1 aliphatic rings. The van der Waals surface area contributed by atoms with Crippen LogP contribution in [-0.4, -0.2) is 11.9 Å². The molecule has 0 bridgehead atoms. The molecule has 0 amide bonds. The number of rotatable bonds is 13. The molecule has 0 aromatic rings. The van der Waals surface area contributed by atoms with Gasteiger partial charge in [-0.3, -0.25) is 9.59 Å². The van der Waals surface area contributed by atoms with E-state index >= 15 is 0 Å². The predicted octanol–water partition coefficient (Wildman–Crippen LogP) is 5.41. The van der Waals surface area contributed by atoms with Crippen molar-refractivity contribution in [2.24, 2.45) is 11.8 Å². The van der Waals surface area contributed by atoms with Crippen molar-refractivity contribution < 1.29 is 14.3 Å². The van der Waals surface area contributed by atoms with Gasteiger partial charge < -0.3 is 4.74 Å². The van der Waals surface area contributed by atoms with Crippen molar-refractivity contribution in [1.29, 1.82) is 0 Å². The molecule has 0 radical (unpaired) electrons.